The molecule has 0 radical (unpaired) electrons. The second-order valence-electron chi connectivity index (χ2n) is 4.90. The van der Waals surface area contributed by atoms with Crippen molar-refractivity contribution in [1.82, 2.24) is 5.32 Å². The lowest BCUT2D eigenvalue weighted by atomic mass is 10.1. The maximum Gasteiger partial charge on any atom is 0.156 e. The molecule has 2 nitrogen and oxygen atoms in total. The third-order valence-corrected chi connectivity index (χ3v) is 3.76. The van der Waals surface area contributed by atoms with Gasteiger partial charge in [-0.3, -0.25) is 0 Å². The van der Waals surface area contributed by atoms with Crippen LogP contribution in [0, 0.1) is 0 Å². The van der Waals surface area contributed by atoms with Crippen molar-refractivity contribution >= 4 is 34.8 Å². The number of rotatable bonds is 9. The van der Waals surface area contributed by atoms with E-state index in [-0.39, 0.29) is 0 Å². The Bertz CT molecular complexity index is 389. The van der Waals surface area contributed by atoms with Gasteiger partial charge in [0.05, 0.1) is 16.7 Å². The van der Waals surface area contributed by atoms with E-state index in [2.05, 4.69) is 19.2 Å². The van der Waals surface area contributed by atoms with E-state index in [0.717, 1.165) is 25.8 Å². The number of hydrogen-bond donors (Lipinski definition) is 1. The first kappa shape index (κ1) is 17.9. The van der Waals surface area contributed by atoms with Crippen molar-refractivity contribution in [3.05, 3.63) is 27.2 Å². The Morgan fingerprint density at radius 3 is 2.40 bits per heavy atom. The Morgan fingerprint density at radius 1 is 1.15 bits per heavy atom. The number of hydrogen-bond acceptors (Lipinski definition) is 2. The molecular formula is C15H22Cl3NO. The fraction of sp³-hybridized carbons (Fsp3) is 0.600. The first-order chi connectivity index (χ1) is 9.54. The Kier molecular flexibility index (Phi) is 8.70. The smallest absolute Gasteiger partial charge is 0.156 e. The molecule has 0 aromatic heterocycles. The Balaban J connectivity index is 2.25. The van der Waals surface area contributed by atoms with Crippen LogP contribution in [0.15, 0.2) is 12.1 Å². The predicted octanol–water partition coefficient (Wildman–Crippen LogP) is 5.58. The van der Waals surface area contributed by atoms with Crippen LogP contribution >= 0.6 is 34.8 Å². The highest BCUT2D eigenvalue weighted by molar-refractivity contribution is 6.40. The van der Waals surface area contributed by atoms with Gasteiger partial charge in [-0.15, -0.1) is 0 Å². The molecule has 1 aromatic carbocycles. The summed E-state index contributed by atoms with van der Waals surface area (Å²) in [5, 5.41) is 4.90. The third-order valence-electron chi connectivity index (χ3n) is 2.98. The fourth-order valence-corrected chi connectivity index (χ4v) is 2.81. The maximum absolute atomic E-state index is 6.05. The molecule has 0 aliphatic carbocycles. The van der Waals surface area contributed by atoms with E-state index < -0.39 is 0 Å². The molecule has 0 amide bonds. The first-order valence-corrected chi connectivity index (χ1v) is 8.18. The lowest BCUT2D eigenvalue weighted by molar-refractivity contribution is 0.302. The molecule has 0 saturated heterocycles. The summed E-state index contributed by atoms with van der Waals surface area (Å²) in [5.41, 5.74) is 0. The predicted molar refractivity (Wildman–Crippen MR) is 88.6 cm³/mol. The lowest BCUT2D eigenvalue weighted by Crippen LogP contribution is -2.26. The van der Waals surface area contributed by atoms with E-state index in [0.29, 0.717) is 33.5 Å². The monoisotopic (exact) mass is 337 g/mol. The molecule has 20 heavy (non-hydrogen) atoms. The molecule has 1 aromatic rings. The van der Waals surface area contributed by atoms with Crippen LogP contribution in [0.25, 0.3) is 0 Å². The third kappa shape index (κ3) is 6.53. The topological polar surface area (TPSA) is 21.3 Å². The molecule has 1 atom stereocenters. The summed E-state index contributed by atoms with van der Waals surface area (Å²) in [6.07, 6.45) is 4.40. The Labute approximate surface area is 136 Å². The quantitative estimate of drug-likeness (QED) is 0.593. The van der Waals surface area contributed by atoms with Gasteiger partial charge in [-0.1, -0.05) is 41.7 Å². The van der Waals surface area contributed by atoms with Gasteiger partial charge in [0, 0.05) is 11.1 Å². The molecule has 0 heterocycles. The van der Waals surface area contributed by atoms with E-state index in [1.54, 1.807) is 12.1 Å². The molecule has 0 saturated carbocycles. The van der Waals surface area contributed by atoms with Crippen molar-refractivity contribution in [2.24, 2.45) is 0 Å². The summed E-state index contributed by atoms with van der Waals surface area (Å²) in [5.74, 6) is 0.523. The molecule has 1 unspecified atom stereocenters. The second-order valence-corrected chi connectivity index (χ2v) is 6.15. The highest BCUT2D eigenvalue weighted by atomic mass is 35.5. The molecule has 0 fully saturated rings. The van der Waals surface area contributed by atoms with Crippen LogP contribution in [-0.2, 0) is 0 Å². The van der Waals surface area contributed by atoms with Crippen LogP contribution in [0.1, 0.15) is 39.5 Å². The number of ether oxygens (including phenoxy) is 1. The summed E-state index contributed by atoms with van der Waals surface area (Å²) in [7, 11) is 0. The van der Waals surface area contributed by atoms with Crippen LogP contribution in [-0.4, -0.2) is 19.2 Å². The van der Waals surface area contributed by atoms with Crippen molar-refractivity contribution in [1.29, 1.82) is 0 Å². The SMILES string of the molecule is CCCNC(C)CCCCOc1c(Cl)cc(Cl)cc1Cl. The molecule has 114 valence electrons. The number of benzene rings is 1. The van der Waals surface area contributed by atoms with Crippen LogP contribution in [0.5, 0.6) is 5.75 Å². The van der Waals surface area contributed by atoms with Crippen molar-refractivity contribution in [2.45, 2.75) is 45.6 Å². The van der Waals surface area contributed by atoms with Crippen molar-refractivity contribution in [3.63, 3.8) is 0 Å². The summed E-state index contributed by atoms with van der Waals surface area (Å²) in [6.45, 7) is 6.08. The van der Waals surface area contributed by atoms with Crippen molar-refractivity contribution in [2.75, 3.05) is 13.2 Å². The van der Waals surface area contributed by atoms with Gasteiger partial charge < -0.3 is 10.1 Å². The summed E-state index contributed by atoms with van der Waals surface area (Å²) in [4.78, 5) is 0. The maximum atomic E-state index is 6.05. The van der Waals surface area contributed by atoms with Gasteiger partial charge in [0.15, 0.2) is 5.75 Å². The lowest BCUT2D eigenvalue weighted by Gasteiger charge is -2.13. The number of unbranched alkanes of at least 4 members (excludes halogenated alkanes) is 1. The largest absolute Gasteiger partial charge is 0.490 e. The molecule has 0 bridgehead atoms. The molecule has 1 N–H and O–H groups in total. The summed E-state index contributed by atoms with van der Waals surface area (Å²) >= 11 is 18.0. The fourth-order valence-electron chi connectivity index (χ4n) is 1.89. The number of halogens is 3. The molecule has 0 aliphatic heterocycles. The van der Waals surface area contributed by atoms with E-state index in [9.17, 15) is 0 Å². The minimum Gasteiger partial charge on any atom is -0.490 e. The average molecular weight is 339 g/mol. The summed E-state index contributed by atoms with van der Waals surface area (Å²) in [6, 6.07) is 3.83. The number of nitrogens with one attached hydrogen (secondary N) is 1. The standard InChI is InChI=1S/C15H22Cl3NO/c1-3-7-19-11(2)6-4-5-8-20-15-13(17)9-12(16)10-14(15)18/h9-11,19H,3-8H2,1-2H3. The van der Waals surface area contributed by atoms with E-state index >= 15 is 0 Å². The van der Waals surface area contributed by atoms with Gasteiger partial charge in [-0.25, -0.2) is 0 Å². The summed E-state index contributed by atoms with van der Waals surface area (Å²) < 4.78 is 5.64. The van der Waals surface area contributed by atoms with Crippen molar-refractivity contribution in [3.8, 4) is 5.75 Å². The minimum absolute atomic E-state index is 0.459. The van der Waals surface area contributed by atoms with Gasteiger partial charge in [-0.2, -0.15) is 0 Å². The molecule has 1 rings (SSSR count). The molecule has 0 aliphatic rings. The highest BCUT2D eigenvalue weighted by Crippen LogP contribution is 2.35. The Morgan fingerprint density at radius 2 is 1.80 bits per heavy atom. The zero-order valence-electron chi connectivity index (χ0n) is 12.0. The van der Waals surface area contributed by atoms with Crippen LogP contribution < -0.4 is 10.1 Å². The van der Waals surface area contributed by atoms with E-state index in [4.69, 9.17) is 39.5 Å². The van der Waals surface area contributed by atoms with Crippen molar-refractivity contribution < 1.29 is 4.74 Å². The van der Waals surface area contributed by atoms with Gasteiger partial charge in [-0.05, 0) is 51.3 Å². The highest BCUT2D eigenvalue weighted by Gasteiger charge is 2.09. The van der Waals surface area contributed by atoms with Gasteiger partial charge in [0.25, 0.3) is 0 Å². The minimum atomic E-state index is 0.459. The van der Waals surface area contributed by atoms with Crippen LogP contribution in [0.2, 0.25) is 15.1 Å². The van der Waals surface area contributed by atoms with E-state index in [1.807, 2.05) is 0 Å². The molecule has 5 heteroatoms. The Hall–Kier alpha value is -0.150. The second kappa shape index (κ2) is 9.73. The normalized spacial score (nSPS) is 12.4. The van der Waals surface area contributed by atoms with Gasteiger partial charge in [0.1, 0.15) is 0 Å². The average Bonchev–Trinajstić information content (AvgIpc) is 2.38. The van der Waals surface area contributed by atoms with Crippen LogP contribution in [0.3, 0.4) is 0 Å². The zero-order chi connectivity index (χ0) is 15.0. The first-order valence-electron chi connectivity index (χ1n) is 7.05. The van der Waals surface area contributed by atoms with Gasteiger partial charge >= 0.3 is 0 Å². The van der Waals surface area contributed by atoms with Crippen LogP contribution in [0.4, 0.5) is 0 Å². The molecule has 0 spiro atoms. The zero-order valence-corrected chi connectivity index (χ0v) is 14.3. The van der Waals surface area contributed by atoms with E-state index in [1.165, 1.54) is 6.42 Å². The van der Waals surface area contributed by atoms with Gasteiger partial charge in [0.2, 0.25) is 0 Å². The molecular weight excluding hydrogens is 317 g/mol.